The first-order valence-corrected chi connectivity index (χ1v) is 6.04. The fraction of sp³-hybridized carbons (Fsp3) is 0.154. The smallest absolute Gasteiger partial charge is 0.346 e. The zero-order valence-electron chi connectivity index (χ0n) is 9.34. The van der Waals surface area contributed by atoms with E-state index in [2.05, 4.69) is 0 Å². The number of carbonyl (C=O) groups is 1. The van der Waals surface area contributed by atoms with Crippen LogP contribution < -0.4 is 4.74 Å². The van der Waals surface area contributed by atoms with Crippen LogP contribution >= 0.6 is 11.3 Å². The van der Waals surface area contributed by atoms with Crippen molar-refractivity contribution in [1.82, 2.24) is 0 Å². The van der Waals surface area contributed by atoms with Gasteiger partial charge in [-0.15, -0.1) is 11.3 Å². The van der Waals surface area contributed by atoms with E-state index in [1.54, 1.807) is 11.4 Å². The maximum Gasteiger partial charge on any atom is 0.346 e. The van der Waals surface area contributed by atoms with Crippen LogP contribution in [0.4, 0.5) is 0 Å². The van der Waals surface area contributed by atoms with Crippen LogP contribution in [0.15, 0.2) is 35.7 Å². The molecule has 0 saturated carbocycles. The molecule has 0 spiro atoms. The third-order valence-corrected chi connectivity index (χ3v) is 3.36. The summed E-state index contributed by atoms with van der Waals surface area (Å²) in [5.74, 6) is -0.113. The number of carboxylic acids is 1. The van der Waals surface area contributed by atoms with Crippen molar-refractivity contribution in [3.05, 3.63) is 51.7 Å². The van der Waals surface area contributed by atoms with Crippen LogP contribution in [0.5, 0.6) is 5.75 Å². The number of para-hydroxylation sites is 1. The van der Waals surface area contributed by atoms with E-state index in [-0.39, 0.29) is 6.61 Å². The van der Waals surface area contributed by atoms with Crippen molar-refractivity contribution >= 4 is 17.3 Å². The molecule has 3 nitrogen and oxygen atoms in total. The highest BCUT2D eigenvalue weighted by Crippen LogP contribution is 2.21. The van der Waals surface area contributed by atoms with E-state index >= 15 is 0 Å². The lowest BCUT2D eigenvalue weighted by molar-refractivity contribution is 0.0699. The lowest BCUT2D eigenvalue weighted by atomic mass is 10.2. The van der Waals surface area contributed by atoms with Crippen molar-refractivity contribution in [2.45, 2.75) is 13.5 Å². The number of aryl methyl sites for hydroxylation is 1. The quantitative estimate of drug-likeness (QED) is 0.902. The van der Waals surface area contributed by atoms with E-state index in [1.165, 1.54) is 11.3 Å². The van der Waals surface area contributed by atoms with E-state index in [0.29, 0.717) is 10.4 Å². The second-order valence-corrected chi connectivity index (χ2v) is 4.55. The van der Waals surface area contributed by atoms with Gasteiger partial charge in [0.25, 0.3) is 0 Å². The SMILES string of the molecule is Cc1ccccc1OCc1ccsc1C(=O)O. The predicted molar refractivity (Wildman–Crippen MR) is 66.8 cm³/mol. The Kier molecular flexibility index (Phi) is 3.44. The van der Waals surface area contributed by atoms with Crippen molar-refractivity contribution in [3.8, 4) is 5.75 Å². The molecule has 17 heavy (non-hydrogen) atoms. The highest BCUT2D eigenvalue weighted by molar-refractivity contribution is 7.12. The molecule has 2 aromatic rings. The molecular weight excluding hydrogens is 236 g/mol. The van der Waals surface area contributed by atoms with E-state index in [1.807, 2.05) is 31.2 Å². The fourth-order valence-corrected chi connectivity index (χ4v) is 2.26. The zero-order valence-corrected chi connectivity index (χ0v) is 10.2. The van der Waals surface area contributed by atoms with Gasteiger partial charge >= 0.3 is 5.97 Å². The summed E-state index contributed by atoms with van der Waals surface area (Å²) < 4.78 is 5.62. The lowest BCUT2D eigenvalue weighted by Crippen LogP contribution is -2.02. The van der Waals surface area contributed by atoms with Gasteiger partial charge in [0.05, 0.1) is 0 Å². The lowest BCUT2D eigenvalue weighted by Gasteiger charge is -2.08. The maximum absolute atomic E-state index is 10.9. The standard InChI is InChI=1S/C13H12O3S/c1-9-4-2-3-5-11(9)16-8-10-6-7-17-12(10)13(14)15/h2-7H,8H2,1H3,(H,14,15). The third kappa shape index (κ3) is 2.65. The molecule has 0 aliphatic rings. The number of benzene rings is 1. The van der Waals surface area contributed by atoms with Crippen LogP contribution in [0, 0.1) is 6.92 Å². The molecule has 1 N–H and O–H groups in total. The number of hydrogen-bond donors (Lipinski definition) is 1. The summed E-state index contributed by atoms with van der Waals surface area (Å²) in [5.41, 5.74) is 1.75. The van der Waals surface area contributed by atoms with Gasteiger partial charge in [-0.25, -0.2) is 4.79 Å². The predicted octanol–water partition coefficient (Wildman–Crippen LogP) is 3.33. The minimum Gasteiger partial charge on any atom is -0.489 e. The average molecular weight is 248 g/mol. The summed E-state index contributed by atoms with van der Waals surface area (Å²) >= 11 is 1.22. The van der Waals surface area contributed by atoms with Gasteiger partial charge in [0.15, 0.2) is 0 Å². The number of carboxylic acid groups (broad SMARTS) is 1. The molecule has 0 atom stereocenters. The van der Waals surface area contributed by atoms with Gasteiger partial charge in [0.2, 0.25) is 0 Å². The van der Waals surface area contributed by atoms with Crippen LogP contribution in [-0.4, -0.2) is 11.1 Å². The monoisotopic (exact) mass is 248 g/mol. The second kappa shape index (κ2) is 5.01. The molecule has 0 fully saturated rings. The van der Waals surface area contributed by atoms with Crippen LogP contribution in [-0.2, 0) is 6.61 Å². The Labute approximate surface area is 103 Å². The molecule has 0 aliphatic heterocycles. The van der Waals surface area contributed by atoms with Gasteiger partial charge < -0.3 is 9.84 Å². The van der Waals surface area contributed by atoms with Gasteiger partial charge in [0.1, 0.15) is 17.2 Å². The Morgan fingerprint density at radius 1 is 1.35 bits per heavy atom. The Morgan fingerprint density at radius 2 is 2.12 bits per heavy atom. The highest BCUT2D eigenvalue weighted by atomic mass is 32.1. The van der Waals surface area contributed by atoms with Crippen molar-refractivity contribution in [2.75, 3.05) is 0 Å². The van der Waals surface area contributed by atoms with E-state index in [0.717, 1.165) is 11.3 Å². The summed E-state index contributed by atoms with van der Waals surface area (Å²) in [7, 11) is 0. The van der Waals surface area contributed by atoms with Crippen LogP contribution in [0.1, 0.15) is 20.8 Å². The van der Waals surface area contributed by atoms with E-state index in [4.69, 9.17) is 9.84 Å². The summed E-state index contributed by atoms with van der Waals surface area (Å²) in [6, 6.07) is 9.46. The number of ether oxygens (including phenoxy) is 1. The summed E-state index contributed by atoms with van der Waals surface area (Å²) in [4.78, 5) is 11.3. The van der Waals surface area contributed by atoms with Crippen molar-refractivity contribution in [1.29, 1.82) is 0 Å². The molecule has 4 heteroatoms. The van der Waals surface area contributed by atoms with E-state index < -0.39 is 5.97 Å². The average Bonchev–Trinajstić information content (AvgIpc) is 2.76. The van der Waals surface area contributed by atoms with Gasteiger partial charge in [-0.2, -0.15) is 0 Å². The van der Waals surface area contributed by atoms with Gasteiger partial charge in [0, 0.05) is 5.56 Å². The van der Waals surface area contributed by atoms with Crippen LogP contribution in [0.3, 0.4) is 0 Å². The molecule has 0 unspecified atom stereocenters. The van der Waals surface area contributed by atoms with Crippen molar-refractivity contribution in [3.63, 3.8) is 0 Å². The van der Waals surface area contributed by atoms with Crippen LogP contribution in [0.25, 0.3) is 0 Å². The molecule has 88 valence electrons. The van der Waals surface area contributed by atoms with Gasteiger partial charge in [-0.05, 0) is 30.0 Å². The maximum atomic E-state index is 10.9. The topological polar surface area (TPSA) is 46.5 Å². The van der Waals surface area contributed by atoms with Crippen molar-refractivity contribution in [2.24, 2.45) is 0 Å². The summed E-state index contributed by atoms with van der Waals surface area (Å²) in [6.07, 6.45) is 0. The number of aromatic carboxylic acids is 1. The number of rotatable bonds is 4. The molecule has 1 heterocycles. The first-order chi connectivity index (χ1) is 8.18. The Hall–Kier alpha value is -1.81. The molecular formula is C13H12O3S. The molecule has 1 aromatic carbocycles. The second-order valence-electron chi connectivity index (χ2n) is 3.63. The molecule has 0 saturated heterocycles. The summed E-state index contributed by atoms with van der Waals surface area (Å²) in [6.45, 7) is 2.25. The third-order valence-electron chi connectivity index (χ3n) is 2.42. The normalized spacial score (nSPS) is 10.2. The highest BCUT2D eigenvalue weighted by Gasteiger charge is 2.12. The molecule has 0 aliphatic carbocycles. The minimum atomic E-state index is -0.900. The summed E-state index contributed by atoms with van der Waals surface area (Å²) in [5, 5.41) is 10.7. The Bertz CT molecular complexity index is 531. The number of hydrogen-bond acceptors (Lipinski definition) is 3. The molecule has 1 aromatic heterocycles. The van der Waals surface area contributed by atoms with E-state index in [9.17, 15) is 4.79 Å². The van der Waals surface area contributed by atoms with Gasteiger partial charge in [-0.3, -0.25) is 0 Å². The van der Waals surface area contributed by atoms with Crippen molar-refractivity contribution < 1.29 is 14.6 Å². The number of thiophene rings is 1. The molecule has 0 bridgehead atoms. The largest absolute Gasteiger partial charge is 0.489 e. The first kappa shape index (κ1) is 11.7. The van der Waals surface area contributed by atoms with Crippen LogP contribution in [0.2, 0.25) is 0 Å². The Balaban J connectivity index is 2.10. The van der Waals surface area contributed by atoms with Gasteiger partial charge in [-0.1, -0.05) is 18.2 Å². The fourth-order valence-electron chi connectivity index (χ4n) is 1.51. The minimum absolute atomic E-state index is 0.288. The first-order valence-electron chi connectivity index (χ1n) is 5.16. The Morgan fingerprint density at radius 3 is 2.82 bits per heavy atom. The molecule has 0 amide bonds. The molecule has 0 radical (unpaired) electrons. The zero-order chi connectivity index (χ0) is 12.3. The molecule has 2 rings (SSSR count).